The number of fused-ring (bicyclic) bond motifs is 1. The molecule has 0 fully saturated rings. The van der Waals surface area contributed by atoms with Crippen molar-refractivity contribution in [3.05, 3.63) is 72.8 Å². The van der Waals surface area contributed by atoms with Crippen molar-refractivity contribution < 1.29 is 19.0 Å². The summed E-state index contributed by atoms with van der Waals surface area (Å²) in [7, 11) is 0. The van der Waals surface area contributed by atoms with Crippen LogP contribution in [0.4, 0.5) is 5.69 Å². The predicted molar refractivity (Wildman–Crippen MR) is 103 cm³/mol. The van der Waals surface area contributed by atoms with Crippen LogP contribution in [0.1, 0.15) is 6.92 Å². The maximum Gasteiger partial charge on any atom is 0.265 e. The van der Waals surface area contributed by atoms with Gasteiger partial charge in [0.1, 0.15) is 5.75 Å². The summed E-state index contributed by atoms with van der Waals surface area (Å²) in [5.41, 5.74) is 2.87. The van der Waals surface area contributed by atoms with E-state index >= 15 is 0 Å². The average molecular weight is 361 g/mol. The van der Waals surface area contributed by atoms with E-state index in [-0.39, 0.29) is 12.7 Å². The number of anilines is 1. The fraction of sp³-hybridized carbons (Fsp3) is 0.136. The van der Waals surface area contributed by atoms with Crippen molar-refractivity contribution in [2.75, 3.05) is 12.1 Å². The van der Waals surface area contributed by atoms with Gasteiger partial charge in [-0.15, -0.1) is 0 Å². The largest absolute Gasteiger partial charge is 0.481 e. The number of rotatable bonds is 5. The number of amides is 1. The molecule has 3 aromatic carbocycles. The Morgan fingerprint density at radius 2 is 1.63 bits per heavy atom. The highest BCUT2D eigenvalue weighted by atomic mass is 16.7. The second-order valence-corrected chi connectivity index (χ2v) is 6.21. The molecule has 0 bridgehead atoms. The second-order valence-electron chi connectivity index (χ2n) is 6.21. The molecule has 5 heteroatoms. The molecule has 0 aliphatic carbocycles. The van der Waals surface area contributed by atoms with E-state index < -0.39 is 6.10 Å². The zero-order chi connectivity index (χ0) is 18.6. The van der Waals surface area contributed by atoms with Gasteiger partial charge in [0.05, 0.1) is 0 Å². The average Bonchev–Trinajstić information content (AvgIpc) is 3.17. The minimum absolute atomic E-state index is 0.200. The van der Waals surface area contributed by atoms with Crippen LogP contribution in [0.5, 0.6) is 17.2 Å². The Hall–Kier alpha value is -3.47. The molecule has 1 amide bonds. The Bertz CT molecular complexity index is 938. The van der Waals surface area contributed by atoms with Gasteiger partial charge < -0.3 is 19.5 Å². The molecule has 3 aromatic rings. The Balaban J connectivity index is 1.38. The first kappa shape index (κ1) is 17.0. The molecule has 1 heterocycles. The highest BCUT2D eigenvalue weighted by Gasteiger charge is 2.18. The highest BCUT2D eigenvalue weighted by molar-refractivity contribution is 5.94. The van der Waals surface area contributed by atoms with E-state index in [1.807, 2.05) is 42.5 Å². The summed E-state index contributed by atoms with van der Waals surface area (Å²) in [5.74, 6) is 1.71. The van der Waals surface area contributed by atoms with E-state index in [1.54, 1.807) is 25.1 Å². The van der Waals surface area contributed by atoms with E-state index in [9.17, 15) is 4.79 Å². The summed E-state index contributed by atoms with van der Waals surface area (Å²) in [5, 5.41) is 2.83. The summed E-state index contributed by atoms with van der Waals surface area (Å²) in [6.45, 7) is 1.92. The molecule has 27 heavy (non-hydrogen) atoms. The van der Waals surface area contributed by atoms with Gasteiger partial charge in [-0.05, 0) is 42.3 Å². The SMILES string of the molecule is C[C@H](Oc1ccc(-c2ccccc2)cc1)C(=O)Nc1ccc2c(c1)OCO2. The maximum atomic E-state index is 12.4. The van der Waals surface area contributed by atoms with E-state index in [4.69, 9.17) is 14.2 Å². The molecule has 1 atom stereocenters. The van der Waals surface area contributed by atoms with Gasteiger partial charge in [-0.25, -0.2) is 0 Å². The topological polar surface area (TPSA) is 56.8 Å². The van der Waals surface area contributed by atoms with Crippen LogP contribution < -0.4 is 19.5 Å². The van der Waals surface area contributed by atoms with E-state index in [2.05, 4.69) is 17.4 Å². The molecule has 0 aromatic heterocycles. The predicted octanol–water partition coefficient (Wildman–Crippen LogP) is 4.49. The fourth-order valence-electron chi connectivity index (χ4n) is 2.83. The van der Waals surface area contributed by atoms with Crippen LogP contribution in [0, 0.1) is 0 Å². The third kappa shape index (κ3) is 3.87. The highest BCUT2D eigenvalue weighted by Crippen LogP contribution is 2.34. The summed E-state index contributed by atoms with van der Waals surface area (Å²) in [6, 6.07) is 23.1. The lowest BCUT2D eigenvalue weighted by molar-refractivity contribution is -0.122. The van der Waals surface area contributed by atoms with Gasteiger partial charge in [0.25, 0.3) is 5.91 Å². The number of benzene rings is 3. The Labute approximate surface area is 157 Å². The van der Waals surface area contributed by atoms with E-state index in [0.29, 0.717) is 22.9 Å². The van der Waals surface area contributed by atoms with Gasteiger partial charge in [0, 0.05) is 11.8 Å². The molecule has 136 valence electrons. The van der Waals surface area contributed by atoms with Gasteiger partial charge in [-0.2, -0.15) is 0 Å². The first-order valence-electron chi connectivity index (χ1n) is 8.72. The molecule has 1 aliphatic heterocycles. The lowest BCUT2D eigenvalue weighted by atomic mass is 10.1. The number of nitrogens with one attached hydrogen (secondary N) is 1. The summed E-state index contributed by atoms with van der Waals surface area (Å²) >= 11 is 0. The number of hydrogen-bond acceptors (Lipinski definition) is 4. The second kappa shape index (κ2) is 7.41. The van der Waals surface area contributed by atoms with Crippen LogP contribution in [-0.4, -0.2) is 18.8 Å². The Morgan fingerprint density at radius 3 is 2.41 bits per heavy atom. The van der Waals surface area contributed by atoms with Crippen LogP contribution in [-0.2, 0) is 4.79 Å². The molecule has 0 spiro atoms. The van der Waals surface area contributed by atoms with E-state index in [0.717, 1.165) is 11.1 Å². The molecular formula is C22H19NO4. The van der Waals surface area contributed by atoms with Crippen molar-refractivity contribution in [1.82, 2.24) is 0 Å². The summed E-state index contributed by atoms with van der Waals surface area (Å²) in [6.07, 6.45) is -0.641. The van der Waals surface area contributed by atoms with Gasteiger partial charge in [0.2, 0.25) is 6.79 Å². The van der Waals surface area contributed by atoms with Gasteiger partial charge >= 0.3 is 0 Å². The molecule has 1 N–H and O–H groups in total. The third-order valence-electron chi connectivity index (χ3n) is 4.28. The maximum absolute atomic E-state index is 12.4. The van der Waals surface area contributed by atoms with Crippen molar-refractivity contribution in [3.63, 3.8) is 0 Å². The lowest BCUT2D eigenvalue weighted by Crippen LogP contribution is -2.30. The zero-order valence-electron chi connectivity index (χ0n) is 14.8. The molecule has 0 saturated heterocycles. The van der Waals surface area contributed by atoms with Crippen molar-refractivity contribution in [3.8, 4) is 28.4 Å². The molecule has 0 saturated carbocycles. The molecular weight excluding hydrogens is 342 g/mol. The Kier molecular flexibility index (Phi) is 4.66. The van der Waals surface area contributed by atoms with Crippen molar-refractivity contribution >= 4 is 11.6 Å². The number of carbonyl (C=O) groups excluding carboxylic acids is 1. The van der Waals surface area contributed by atoms with Crippen molar-refractivity contribution in [2.24, 2.45) is 0 Å². The standard InChI is InChI=1S/C22H19NO4/c1-15(22(24)23-18-9-12-20-21(13-18)26-14-25-20)27-19-10-7-17(8-11-19)16-5-3-2-4-6-16/h2-13,15H,14H2,1H3,(H,23,24)/t15-/m0/s1. The summed E-state index contributed by atoms with van der Waals surface area (Å²) in [4.78, 5) is 12.4. The monoisotopic (exact) mass is 361 g/mol. The van der Waals surface area contributed by atoms with Crippen LogP contribution in [0.3, 0.4) is 0 Å². The van der Waals surface area contributed by atoms with Crippen LogP contribution in [0.15, 0.2) is 72.8 Å². The molecule has 1 aliphatic rings. The molecule has 5 nitrogen and oxygen atoms in total. The van der Waals surface area contributed by atoms with Gasteiger partial charge in [0.15, 0.2) is 17.6 Å². The third-order valence-corrected chi connectivity index (χ3v) is 4.28. The van der Waals surface area contributed by atoms with Crippen molar-refractivity contribution in [1.29, 1.82) is 0 Å². The molecule has 4 rings (SSSR count). The van der Waals surface area contributed by atoms with Crippen LogP contribution in [0.2, 0.25) is 0 Å². The van der Waals surface area contributed by atoms with E-state index in [1.165, 1.54) is 0 Å². The van der Waals surface area contributed by atoms with Crippen LogP contribution in [0.25, 0.3) is 11.1 Å². The Morgan fingerprint density at radius 1 is 0.926 bits per heavy atom. The van der Waals surface area contributed by atoms with Crippen molar-refractivity contribution in [2.45, 2.75) is 13.0 Å². The lowest BCUT2D eigenvalue weighted by Gasteiger charge is -2.15. The zero-order valence-corrected chi connectivity index (χ0v) is 14.8. The number of ether oxygens (including phenoxy) is 3. The minimum Gasteiger partial charge on any atom is -0.481 e. The first-order chi connectivity index (χ1) is 13.2. The van der Waals surface area contributed by atoms with Gasteiger partial charge in [-0.1, -0.05) is 42.5 Å². The first-order valence-corrected chi connectivity index (χ1v) is 8.72. The fourth-order valence-corrected chi connectivity index (χ4v) is 2.83. The number of hydrogen-bond donors (Lipinski definition) is 1. The minimum atomic E-state index is -0.641. The smallest absolute Gasteiger partial charge is 0.265 e. The van der Waals surface area contributed by atoms with Gasteiger partial charge in [-0.3, -0.25) is 4.79 Å². The quantitative estimate of drug-likeness (QED) is 0.727. The molecule has 0 unspecified atom stereocenters. The summed E-state index contributed by atoms with van der Waals surface area (Å²) < 4.78 is 16.4. The normalized spacial score (nSPS) is 13.1. The van der Waals surface area contributed by atoms with Crippen LogP contribution >= 0.6 is 0 Å². The molecule has 0 radical (unpaired) electrons. The number of carbonyl (C=O) groups is 1.